The number of nitrogens with two attached hydrogens (primary N) is 1. The number of aliphatic hydroxyl groups excluding tert-OH is 1. The van der Waals surface area contributed by atoms with Gasteiger partial charge in [-0.3, -0.25) is 0 Å². The lowest BCUT2D eigenvalue weighted by Gasteiger charge is -2.14. The Hall–Kier alpha value is -0.780. The molecule has 0 heterocycles. The minimum Gasteiger partial charge on any atom is -0.506 e. The van der Waals surface area contributed by atoms with Gasteiger partial charge in [-0.05, 0) is 34.5 Å². The molecule has 0 fully saturated rings. The zero-order chi connectivity index (χ0) is 10.9. The van der Waals surface area contributed by atoms with Gasteiger partial charge in [0, 0.05) is 12.1 Å². The highest BCUT2D eigenvalue weighted by molar-refractivity contribution is 9.10. The molecule has 1 atom stereocenters. The van der Waals surface area contributed by atoms with Gasteiger partial charge in [0.25, 0.3) is 0 Å². The maximum absolute atomic E-state index is 9.58. The van der Waals surface area contributed by atoms with Crippen LogP contribution in [0.25, 0.3) is 0 Å². The van der Waals surface area contributed by atoms with Crippen LogP contribution in [0.3, 0.4) is 0 Å². The zero-order valence-electron chi connectivity index (χ0n) is 7.66. The molecule has 5 N–H and O–H groups in total. The summed E-state index contributed by atoms with van der Waals surface area (Å²) in [5.74, 6) is -0.207. The maximum atomic E-state index is 9.58. The maximum Gasteiger partial charge on any atom is 0.139 e. The molecule has 0 radical (unpaired) electrons. The number of aromatic hydroxyl groups is 2. The van der Waals surface area contributed by atoms with Crippen molar-refractivity contribution in [2.75, 3.05) is 6.54 Å². The number of hydrogen-bond acceptors (Lipinski definition) is 4. The summed E-state index contributed by atoms with van der Waals surface area (Å²) in [4.78, 5) is 0. The highest BCUT2D eigenvalue weighted by atomic mass is 79.9. The van der Waals surface area contributed by atoms with Gasteiger partial charge in [0.15, 0.2) is 0 Å². The molecular formula is C9H12BrNO3. The molecular weight excluding hydrogens is 250 g/mol. The summed E-state index contributed by atoms with van der Waals surface area (Å²) in [5, 5.41) is 28.5. The van der Waals surface area contributed by atoms with Crippen LogP contribution in [-0.2, 0) is 0 Å². The number of aryl methyl sites for hydroxylation is 1. The Morgan fingerprint density at radius 3 is 2.50 bits per heavy atom. The van der Waals surface area contributed by atoms with E-state index < -0.39 is 6.10 Å². The molecule has 0 aliphatic rings. The van der Waals surface area contributed by atoms with Crippen molar-refractivity contribution >= 4 is 15.9 Å². The summed E-state index contributed by atoms with van der Waals surface area (Å²) in [6, 6.07) is 1.51. The van der Waals surface area contributed by atoms with Gasteiger partial charge < -0.3 is 21.1 Å². The fraction of sp³-hybridized carbons (Fsp3) is 0.333. The Balaban J connectivity index is 3.33. The highest BCUT2D eigenvalue weighted by Crippen LogP contribution is 2.40. The first-order valence-electron chi connectivity index (χ1n) is 4.08. The van der Waals surface area contributed by atoms with E-state index in [0.717, 1.165) is 0 Å². The Morgan fingerprint density at radius 2 is 2.00 bits per heavy atom. The van der Waals surface area contributed by atoms with Crippen molar-refractivity contribution < 1.29 is 15.3 Å². The second-order valence-corrected chi connectivity index (χ2v) is 3.84. The van der Waals surface area contributed by atoms with Gasteiger partial charge in [-0.2, -0.15) is 0 Å². The lowest BCUT2D eigenvalue weighted by Crippen LogP contribution is -2.12. The molecule has 14 heavy (non-hydrogen) atoms. The van der Waals surface area contributed by atoms with Crippen molar-refractivity contribution in [2.45, 2.75) is 13.0 Å². The molecule has 0 aliphatic heterocycles. The summed E-state index contributed by atoms with van der Waals surface area (Å²) >= 11 is 3.03. The number of rotatable bonds is 2. The third kappa shape index (κ3) is 1.84. The Labute approximate surface area is 90.1 Å². The molecule has 4 nitrogen and oxygen atoms in total. The van der Waals surface area contributed by atoms with E-state index in [4.69, 9.17) is 5.73 Å². The first kappa shape index (κ1) is 11.3. The molecule has 1 aromatic rings. The van der Waals surface area contributed by atoms with E-state index in [9.17, 15) is 15.3 Å². The average molecular weight is 262 g/mol. The summed E-state index contributed by atoms with van der Waals surface area (Å²) in [6.45, 7) is 1.69. The Kier molecular flexibility index (Phi) is 3.36. The average Bonchev–Trinajstić information content (AvgIpc) is 2.19. The molecule has 1 rings (SSSR count). The van der Waals surface area contributed by atoms with Gasteiger partial charge in [-0.15, -0.1) is 0 Å². The molecule has 1 unspecified atom stereocenters. The first-order chi connectivity index (χ1) is 6.49. The number of aliphatic hydroxyl groups is 1. The van der Waals surface area contributed by atoms with Crippen molar-refractivity contribution in [1.29, 1.82) is 0 Å². The largest absolute Gasteiger partial charge is 0.506 e. The van der Waals surface area contributed by atoms with E-state index in [1.807, 2.05) is 0 Å². The van der Waals surface area contributed by atoms with Gasteiger partial charge in [-0.25, -0.2) is 0 Å². The van der Waals surface area contributed by atoms with Crippen LogP contribution >= 0.6 is 15.9 Å². The van der Waals surface area contributed by atoms with Crippen molar-refractivity contribution in [1.82, 2.24) is 0 Å². The molecule has 0 spiro atoms. The topological polar surface area (TPSA) is 86.7 Å². The molecule has 78 valence electrons. The van der Waals surface area contributed by atoms with Crippen molar-refractivity contribution in [3.8, 4) is 11.5 Å². The van der Waals surface area contributed by atoms with E-state index in [1.54, 1.807) is 6.92 Å². The van der Waals surface area contributed by atoms with E-state index in [-0.39, 0.29) is 22.5 Å². The third-order valence-corrected chi connectivity index (χ3v) is 2.77. The SMILES string of the molecule is Cc1cc(C(O)CN)c(O)c(Br)c1O. The second-order valence-electron chi connectivity index (χ2n) is 3.05. The van der Waals surface area contributed by atoms with Crippen LogP contribution < -0.4 is 5.73 Å². The van der Waals surface area contributed by atoms with E-state index in [2.05, 4.69) is 15.9 Å². The fourth-order valence-electron chi connectivity index (χ4n) is 1.16. The Morgan fingerprint density at radius 1 is 1.43 bits per heavy atom. The van der Waals surface area contributed by atoms with E-state index >= 15 is 0 Å². The zero-order valence-corrected chi connectivity index (χ0v) is 9.24. The molecule has 0 saturated heterocycles. The lowest BCUT2D eigenvalue weighted by molar-refractivity contribution is 0.182. The minimum atomic E-state index is -0.925. The monoisotopic (exact) mass is 261 g/mol. The van der Waals surface area contributed by atoms with Gasteiger partial charge in [0.1, 0.15) is 16.0 Å². The second kappa shape index (κ2) is 4.16. The summed E-state index contributed by atoms with van der Waals surface area (Å²) in [5.41, 5.74) is 6.15. The van der Waals surface area contributed by atoms with Gasteiger partial charge in [0.05, 0.1) is 6.10 Å². The fourth-order valence-corrected chi connectivity index (χ4v) is 1.70. The molecule has 0 saturated carbocycles. The molecule has 1 aromatic carbocycles. The lowest BCUT2D eigenvalue weighted by atomic mass is 10.0. The molecule has 0 aliphatic carbocycles. The smallest absolute Gasteiger partial charge is 0.139 e. The molecule has 0 aromatic heterocycles. The van der Waals surface area contributed by atoms with Crippen LogP contribution in [0.5, 0.6) is 11.5 Å². The number of phenols is 2. The summed E-state index contributed by atoms with van der Waals surface area (Å²) in [7, 11) is 0. The Bertz CT molecular complexity index is 354. The van der Waals surface area contributed by atoms with Crippen LogP contribution in [0, 0.1) is 6.92 Å². The molecule has 0 bridgehead atoms. The van der Waals surface area contributed by atoms with E-state index in [0.29, 0.717) is 11.1 Å². The number of halogens is 1. The summed E-state index contributed by atoms with van der Waals surface area (Å²) < 4.78 is 0.181. The van der Waals surface area contributed by atoms with Crippen molar-refractivity contribution in [3.63, 3.8) is 0 Å². The van der Waals surface area contributed by atoms with Crippen LogP contribution in [0.4, 0.5) is 0 Å². The normalized spacial score (nSPS) is 12.9. The van der Waals surface area contributed by atoms with Crippen molar-refractivity contribution in [3.05, 3.63) is 21.7 Å². The first-order valence-corrected chi connectivity index (χ1v) is 4.87. The number of hydrogen-bond donors (Lipinski definition) is 4. The van der Waals surface area contributed by atoms with Crippen LogP contribution in [0.1, 0.15) is 17.2 Å². The van der Waals surface area contributed by atoms with Gasteiger partial charge >= 0.3 is 0 Å². The van der Waals surface area contributed by atoms with Gasteiger partial charge in [0.2, 0.25) is 0 Å². The van der Waals surface area contributed by atoms with Crippen LogP contribution in [-0.4, -0.2) is 21.9 Å². The van der Waals surface area contributed by atoms with E-state index in [1.165, 1.54) is 6.07 Å². The predicted molar refractivity (Wildman–Crippen MR) is 56.2 cm³/mol. The summed E-state index contributed by atoms with van der Waals surface area (Å²) in [6.07, 6.45) is -0.925. The van der Waals surface area contributed by atoms with Crippen molar-refractivity contribution in [2.24, 2.45) is 5.73 Å². The quantitative estimate of drug-likeness (QED) is 0.644. The van der Waals surface area contributed by atoms with Gasteiger partial charge in [-0.1, -0.05) is 0 Å². The molecule has 0 amide bonds. The molecule has 5 heteroatoms. The third-order valence-electron chi connectivity index (χ3n) is 2.02. The minimum absolute atomic E-state index is 0.0181. The number of phenolic OH excluding ortho intramolecular Hbond substituents is 2. The number of benzene rings is 1. The highest BCUT2D eigenvalue weighted by Gasteiger charge is 2.17. The predicted octanol–water partition coefficient (Wildman–Crippen LogP) is 1.16. The van der Waals surface area contributed by atoms with Crippen LogP contribution in [0.2, 0.25) is 0 Å². The standard InChI is InChI=1S/C9H12BrNO3/c1-4-2-5(6(12)3-11)9(14)7(10)8(4)13/h2,6,12-14H,3,11H2,1H3. The van der Waals surface area contributed by atoms with Crippen LogP contribution in [0.15, 0.2) is 10.5 Å².